The molecule has 4 nitrogen and oxygen atoms in total. The van der Waals surface area contributed by atoms with E-state index in [2.05, 4.69) is 6.58 Å². The van der Waals surface area contributed by atoms with Crippen LogP contribution in [-0.4, -0.2) is 18.0 Å². The molecule has 0 aliphatic carbocycles. The molecule has 0 rings (SSSR count). The van der Waals surface area contributed by atoms with Crippen molar-refractivity contribution in [3.8, 4) is 0 Å². The summed E-state index contributed by atoms with van der Waals surface area (Å²) >= 11 is 0. The van der Waals surface area contributed by atoms with Gasteiger partial charge >= 0.3 is 11.9 Å². The van der Waals surface area contributed by atoms with E-state index in [-0.39, 0.29) is 18.0 Å². The van der Waals surface area contributed by atoms with Crippen LogP contribution in [0.2, 0.25) is 0 Å². The topological polar surface area (TPSA) is 52.6 Å². The molecule has 16 heavy (non-hydrogen) atoms. The molecule has 0 saturated heterocycles. The lowest BCUT2D eigenvalue weighted by Gasteiger charge is -2.13. The zero-order valence-corrected chi connectivity index (χ0v) is 9.99. The minimum atomic E-state index is -0.376. The van der Waals surface area contributed by atoms with Gasteiger partial charge in [-0.1, -0.05) is 19.6 Å². The minimum Gasteiger partial charge on any atom is -0.458 e. The molecular weight excluding hydrogens is 208 g/mol. The first-order chi connectivity index (χ1) is 7.49. The van der Waals surface area contributed by atoms with E-state index in [1.165, 1.54) is 20.1 Å². The lowest BCUT2D eigenvalue weighted by Crippen LogP contribution is -2.14. The fraction of sp³-hybridized carbons (Fsp3) is 0.500. The Morgan fingerprint density at radius 2 is 1.94 bits per heavy atom. The average molecular weight is 226 g/mol. The molecule has 4 heteroatoms. The summed E-state index contributed by atoms with van der Waals surface area (Å²) in [7, 11) is 0. The number of hydrogen-bond donors (Lipinski definition) is 0. The number of esters is 2. The SMILES string of the molecule is C=CC(CC(=COC(C)=O)CC)OC(C)=O. The molecule has 0 aliphatic rings. The Balaban J connectivity index is 4.37. The highest BCUT2D eigenvalue weighted by atomic mass is 16.5. The van der Waals surface area contributed by atoms with Crippen molar-refractivity contribution in [1.29, 1.82) is 0 Å². The maximum absolute atomic E-state index is 10.8. The molecule has 0 N–H and O–H groups in total. The second-order valence-electron chi connectivity index (χ2n) is 3.33. The fourth-order valence-electron chi connectivity index (χ4n) is 1.09. The van der Waals surface area contributed by atoms with Crippen molar-refractivity contribution in [2.75, 3.05) is 0 Å². The van der Waals surface area contributed by atoms with E-state index in [0.717, 1.165) is 12.0 Å². The van der Waals surface area contributed by atoms with Gasteiger partial charge in [-0.25, -0.2) is 0 Å². The van der Waals surface area contributed by atoms with E-state index in [1.54, 1.807) is 6.08 Å². The summed E-state index contributed by atoms with van der Waals surface area (Å²) in [6.07, 6.45) is 3.80. The normalized spacial score (nSPS) is 12.8. The van der Waals surface area contributed by atoms with Crippen LogP contribution >= 0.6 is 0 Å². The van der Waals surface area contributed by atoms with Crippen LogP contribution in [0.1, 0.15) is 33.6 Å². The predicted octanol–water partition coefficient (Wildman–Crippen LogP) is 2.35. The molecule has 0 aromatic rings. The number of ether oxygens (including phenoxy) is 2. The van der Waals surface area contributed by atoms with Crippen LogP contribution in [-0.2, 0) is 19.1 Å². The molecule has 0 saturated carbocycles. The molecule has 0 amide bonds. The molecule has 0 spiro atoms. The lowest BCUT2D eigenvalue weighted by atomic mass is 10.1. The lowest BCUT2D eigenvalue weighted by molar-refractivity contribution is -0.144. The quantitative estimate of drug-likeness (QED) is 0.396. The van der Waals surface area contributed by atoms with Gasteiger partial charge in [-0.15, -0.1) is 0 Å². The molecule has 0 aliphatic heterocycles. The van der Waals surface area contributed by atoms with E-state index in [4.69, 9.17) is 9.47 Å². The van der Waals surface area contributed by atoms with E-state index in [9.17, 15) is 9.59 Å². The van der Waals surface area contributed by atoms with Gasteiger partial charge in [0.1, 0.15) is 6.10 Å². The van der Waals surface area contributed by atoms with Crippen LogP contribution in [0.4, 0.5) is 0 Å². The van der Waals surface area contributed by atoms with Crippen LogP contribution in [0, 0.1) is 0 Å². The molecular formula is C12H18O4. The molecule has 1 unspecified atom stereocenters. The summed E-state index contributed by atoms with van der Waals surface area (Å²) < 4.78 is 9.77. The van der Waals surface area contributed by atoms with E-state index in [1.807, 2.05) is 6.92 Å². The molecule has 0 aromatic carbocycles. The summed E-state index contributed by atoms with van der Waals surface area (Å²) in [5.74, 6) is -0.721. The van der Waals surface area contributed by atoms with E-state index < -0.39 is 0 Å². The summed E-state index contributed by atoms with van der Waals surface area (Å²) in [6, 6.07) is 0. The maximum Gasteiger partial charge on any atom is 0.307 e. The molecule has 1 atom stereocenters. The van der Waals surface area contributed by atoms with Crippen LogP contribution in [0.5, 0.6) is 0 Å². The standard InChI is InChI=1S/C12H18O4/c1-5-11(8-15-9(3)13)7-12(6-2)16-10(4)14/h6,8,12H,2,5,7H2,1,3-4H3. The highest BCUT2D eigenvalue weighted by Gasteiger charge is 2.10. The van der Waals surface area contributed by atoms with Crippen LogP contribution in [0.3, 0.4) is 0 Å². The number of carbonyl (C=O) groups is 2. The third-order valence-corrected chi connectivity index (χ3v) is 1.89. The van der Waals surface area contributed by atoms with Crippen LogP contribution in [0.15, 0.2) is 24.5 Å². The third-order valence-electron chi connectivity index (χ3n) is 1.89. The van der Waals surface area contributed by atoms with Gasteiger partial charge in [0.2, 0.25) is 0 Å². The monoisotopic (exact) mass is 226 g/mol. The first-order valence-electron chi connectivity index (χ1n) is 5.14. The van der Waals surface area contributed by atoms with Gasteiger partial charge in [0.05, 0.1) is 6.26 Å². The van der Waals surface area contributed by atoms with Gasteiger partial charge in [-0.2, -0.15) is 0 Å². The summed E-state index contributed by atoms with van der Waals surface area (Å²) in [4.78, 5) is 21.4. The highest BCUT2D eigenvalue weighted by molar-refractivity contribution is 5.67. The second kappa shape index (κ2) is 7.68. The molecule has 0 fully saturated rings. The summed E-state index contributed by atoms with van der Waals surface area (Å²) in [5.41, 5.74) is 0.890. The van der Waals surface area contributed by atoms with E-state index >= 15 is 0 Å². The number of hydrogen-bond acceptors (Lipinski definition) is 4. The van der Waals surface area contributed by atoms with Gasteiger partial charge in [0, 0.05) is 20.3 Å². The Morgan fingerprint density at radius 3 is 2.31 bits per heavy atom. The summed E-state index contributed by atoms with van der Waals surface area (Å²) in [5, 5.41) is 0. The Hall–Kier alpha value is -1.58. The zero-order chi connectivity index (χ0) is 12.6. The fourth-order valence-corrected chi connectivity index (χ4v) is 1.09. The van der Waals surface area contributed by atoms with Crippen molar-refractivity contribution in [2.45, 2.75) is 39.7 Å². The van der Waals surface area contributed by atoms with Crippen molar-refractivity contribution < 1.29 is 19.1 Å². The molecule has 0 bridgehead atoms. The smallest absolute Gasteiger partial charge is 0.307 e. The number of carbonyl (C=O) groups excluding carboxylic acids is 2. The second-order valence-corrected chi connectivity index (χ2v) is 3.33. The maximum atomic E-state index is 10.8. The van der Waals surface area contributed by atoms with Gasteiger partial charge in [-0.3, -0.25) is 9.59 Å². The molecule has 90 valence electrons. The van der Waals surface area contributed by atoms with Gasteiger partial charge in [-0.05, 0) is 12.0 Å². The minimum absolute atomic E-state index is 0.354. The van der Waals surface area contributed by atoms with E-state index in [0.29, 0.717) is 6.42 Å². The molecule has 0 aromatic heterocycles. The van der Waals surface area contributed by atoms with Crippen molar-refractivity contribution in [3.05, 3.63) is 24.5 Å². The van der Waals surface area contributed by atoms with Crippen molar-refractivity contribution in [2.24, 2.45) is 0 Å². The van der Waals surface area contributed by atoms with Crippen molar-refractivity contribution in [1.82, 2.24) is 0 Å². The first kappa shape index (κ1) is 14.4. The molecule has 0 heterocycles. The average Bonchev–Trinajstić information content (AvgIpc) is 2.21. The van der Waals surface area contributed by atoms with Crippen molar-refractivity contribution >= 4 is 11.9 Å². The zero-order valence-electron chi connectivity index (χ0n) is 9.99. The Morgan fingerprint density at radius 1 is 1.31 bits per heavy atom. The first-order valence-corrected chi connectivity index (χ1v) is 5.14. The predicted molar refractivity (Wildman–Crippen MR) is 60.5 cm³/mol. The molecule has 0 radical (unpaired) electrons. The van der Waals surface area contributed by atoms with Crippen molar-refractivity contribution in [3.63, 3.8) is 0 Å². The van der Waals surface area contributed by atoms with Crippen LogP contribution in [0.25, 0.3) is 0 Å². The highest BCUT2D eigenvalue weighted by Crippen LogP contribution is 2.13. The Kier molecular flexibility index (Phi) is 6.92. The Labute approximate surface area is 95.9 Å². The van der Waals surface area contributed by atoms with Crippen LogP contribution < -0.4 is 0 Å². The van der Waals surface area contributed by atoms with Gasteiger partial charge in [0.25, 0.3) is 0 Å². The van der Waals surface area contributed by atoms with Gasteiger partial charge in [0.15, 0.2) is 0 Å². The third kappa shape index (κ3) is 6.81. The largest absolute Gasteiger partial charge is 0.458 e. The Bertz CT molecular complexity index is 291. The summed E-state index contributed by atoms with van der Waals surface area (Å²) in [6.45, 7) is 8.20. The number of rotatable bonds is 6. The van der Waals surface area contributed by atoms with Gasteiger partial charge < -0.3 is 9.47 Å².